The molecule has 0 bridgehead atoms. The minimum atomic E-state index is -3.84. The molecule has 4 aromatic carbocycles. The maximum Gasteiger partial charge on any atom is 0.272 e. The number of nitrogens with one attached hydrogen (secondary N) is 3. The first-order valence-electron chi connectivity index (χ1n) is 13.3. The normalized spacial score (nSPS) is 12.1. The van der Waals surface area contributed by atoms with Crippen molar-refractivity contribution in [2.45, 2.75) is 22.0 Å². The number of carbonyl (C=O) groups is 3. The summed E-state index contributed by atoms with van der Waals surface area (Å²) >= 11 is 1.26. The summed E-state index contributed by atoms with van der Waals surface area (Å²) in [6.45, 7) is 1.72. The summed E-state index contributed by atoms with van der Waals surface area (Å²) < 4.78 is 28.3. The van der Waals surface area contributed by atoms with Gasteiger partial charge in [-0.3, -0.25) is 14.4 Å². The zero-order valence-electron chi connectivity index (χ0n) is 23.8. The maximum atomic E-state index is 13.5. The molecule has 0 radical (unpaired) electrons. The number of anilines is 2. The minimum absolute atomic E-state index is 0.00242. The van der Waals surface area contributed by atoms with Crippen molar-refractivity contribution in [1.82, 2.24) is 5.32 Å². The third-order valence-electron chi connectivity index (χ3n) is 6.19. The molecular formula is C32H30N4O6S2. The van der Waals surface area contributed by atoms with E-state index in [1.165, 1.54) is 49.2 Å². The fourth-order valence-electron chi connectivity index (χ4n) is 3.96. The average molecular weight is 631 g/mol. The number of amides is 3. The number of ether oxygens (including phenoxy) is 1. The van der Waals surface area contributed by atoms with Crippen molar-refractivity contribution in [3.05, 3.63) is 120 Å². The van der Waals surface area contributed by atoms with E-state index in [9.17, 15) is 22.8 Å². The van der Waals surface area contributed by atoms with Gasteiger partial charge in [-0.25, -0.2) is 13.6 Å². The number of para-hydroxylation sites is 1. The molecular weight excluding hydrogens is 601 g/mol. The fourth-order valence-corrected chi connectivity index (χ4v) is 5.40. The highest BCUT2D eigenvalue weighted by Gasteiger charge is 2.18. The number of methoxy groups -OCH3 is 1. The zero-order chi connectivity index (χ0) is 31.7. The van der Waals surface area contributed by atoms with Gasteiger partial charge in [0.05, 0.1) is 17.3 Å². The largest absolute Gasteiger partial charge is 0.496 e. The molecule has 0 aliphatic rings. The van der Waals surface area contributed by atoms with E-state index in [0.717, 1.165) is 0 Å². The number of primary sulfonamides is 1. The Labute approximate surface area is 259 Å². The molecule has 0 saturated heterocycles. The summed E-state index contributed by atoms with van der Waals surface area (Å²) in [5.74, 6) is -0.794. The van der Waals surface area contributed by atoms with Crippen LogP contribution in [0, 0.1) is 0 Å². The Bertz CT molecular complexity index is 1790. The van der Waals surface area contributed by atoms with Gasteiger partial charge in [0, 0.05) is 27.4 Å². The molecule has 0 aliphatic carbocycles. The van der Waals surface area contributed by atoms with Crippen LogP contribution in [0.3, 0.4) is 0 Å². The summed E-state index contributed by atoms with van der Waals surface area (Å²) in [5.41, 5.74) is 1.85. The van der Waals surface area contributed by atoms with Crippen LogP contribution in [0.5, 0.6) is 5.75 Å². The number of sulfonamides is 1. The van der Waals surface area contributed by atoms with Crippen LogP contribution in [0.4, 0.5) is 11.4 Å². The highest BCUT2D eigenvalue weighted by molar-refractivity contribution is 8.00. The molecule has 10 nitrogen and oxygen atoms in total. The van der Waals surface area contributed by atoms with E-state index in [1.807, 2.05) is 0 Å². The first kappa shape index (κ1) is 32.0. The van der Waals surface area contributed by atoms with Crippen molar-refractivity contribution in [3.63, 3.8) is 0 Å². The highest BCUT2D eigenvalue weighted by atomic mass is 32.2. The Hall–Kier alpha value is -4.91. The third kappa shape index (κ3) is 8.80. The molecule has 1 atom stereocenters. The number of benzene rings is 4. The molecule has 4 aromatic rings. The number of rotatable bonds is 11. The van der Waals surface area contributed by atoms with Crippen LogP contribution >= 0.6 is 11.8 Å². The zero-order valence-corrected chi connectivity index (χ0v) is 25.4. The Morgan fingerprint density at radius 2 is 1.52 bits per heavy atom. The van der Waals surface area contributed by atoms with Crippen LogP contribution in [0.25, 0.3) is 6.08 Å². The van der Waals surface area contributed by atoms with Gasteiger partial charge >= 0.3 is 0 Å². The molecule has 0 aliphatic heterocycles. The molecule has 3 amide bonds. The molecule has 44 heavy (non-hydrogen) atoms. The first-order valence-corrected chi connectivity index (χ1v) is 15.7. The smallest absolute Gasteiger partial charge is 0.272 e. The molecule has 0 spiro atoms. The van der Waals surface area contributed by atoms with Gasteiger partial charge < -0.3 is 20.7 Å². The second-order valence-electron chi connectivity index (χ2n) is 9.42. The molecule has 5 N–H and O–H groups in total. The number of hydrogen-bond acceptors (Lipinski definition) is 7. The predicted octanol–water partition coefficient (Wildman–Crippen LogP) is 4.87. The Morgan fingerprint density at radius 1 is 0.841 bits per heavy atom. The van der Waals surface area contributed by atoms with Crippen LogP contribution in [0.15, 0.2) is 119 Å². The van der Waals surface area contributed by atoms with Crippen molar-refractivity contribution in [3.8, 4) is 5.75 Å². The van der Waals surface area contributed by atoms with Crippen LogP contribution in [-0.4, -0.2) is 38.5 Å². The molecule has 0 heterocycles. The quantitative estimate of drug-likeness (QED) is 0.136. The number of thioether (sulfide) groups is 1. The van der Waals surface area contributed by atoms with Crippen molar-refractivity contribution in [2.24, 2.45) is 5.14 Å². The van der Waals surface area contributed by atoms with E-state index in [0.29, 0.717) is 33.1 Å². The number of hydrogen-bond donors (Lipinski definition) is 4. The lowest BCUT2D eigenvalue weighted by atomic mass is 10.1. The third-order valence-corrected chi connectivity index (χ3v) is 8.21. The van der Waals surface area contributed by atoms with Gasteiger partial charge in [0.15, 0.2) is 0 Å². The molecule has 1 unspecified atom stereocenters. The Balaban J connectivity index is 1.48. The van der Waals surface area contributed by atoms with Gasteiger partial charge in [-0.05, 0) is 73.7 Å². The first-order chi connectivity index (χ1) is 21.0. The van der Waals surface area contributed by atoms with Crippen LogP contribution in [0.1, 0.15) is 22.8 Å². The van der Waals surface area contributed by atoms with E-state index >= 15 is 0 Å². The molecule has 0 saturated carbocycles. The minimum Gasteiger partial charge on any atom is -0.496 e. The van der Waals surface area contributed by atoms with E-state index in [1.54, 1.807) is 85.8 Å². The van der Waals surface area contributed by atoms with Crippen LogP contribution in [0.2, 0.25) is 0 Å². The lowest BCUT2D eigenvalue weighted by Crippen LogP contribution is -2.30. The summed E-state index contributed by atoms with van der Waals surface area (Å²) in [6, 6.07) is 28.1. The predicted molar refractivity (Wildman–Crippen MR) is 172 cm³/mol. The van der Waals surface area contributed by atoms with Gasteiger partial charge in [0.2, 0.25) is 15.9 Å². The summed E-state index contributed by atoms with van der Waals surface area (Å²) in [7, 11) is -2.32. The fraction of sp³-hybridized carbons (Fsp3) is 0.0938. The molecule has 0 fully saturated rings. The monoisotopic (exact) mass is 630 g/mol. The van der Waals surface area contributed by atoms with Crippen LogP contribution < -0.4 is 25.8 Å². The van der Waals surface area contributed by atoms with Crippen LogP contribution in [-0.2, 0) is 19.6 Å². The second-order valence-corrected chi connectivity index (χ2v) is 12.4. The van der Waals surface area contributed by atoms with Crippen molar-refractivity contribution >= 4 is 57.0 Å². The van der Waals surface area contributed by atoms with E-state index < -0.39 is 27.1 Å². The molecule has 0 aromatic heterocycles. The summed E-state index contributed by atoms with van der Waals surface area (Å²) in [5, 5.41) is 12.9. The topological polar surface area (TPSA) is 157 Å². The van der Waals surface area contributed by atoms with Crippen molar-refractivity contribution in [2.75, 3.05) is 17.7 Å². The Kier molecular flexibility index (Phi) is 10.6. The van der Waals surface area contributed by atoms with E-state index in [-0.39, 0.29) is 16.5 Å². The summed E-state index contributed by atoms with van der Waals surface area (Å²) in [6.07, 6.45) is 1.54. The van der Waals surface area contributed by atoms with E-state index in [4.69, 9.17) is 9.88 Å². The van der Waals surface area contributed by atoms with Gasteiger partial charge in [-0.15, -0.1) is 11.8 Å². The van der Waals surface area contributed by atoms with E-state index in [2.05, 4.69) is 16.0 Å². The van der Waals surface area contributed by atoms with Gasteiger partial charge in [0.1, 0.15) is 11.4 Å². The lowest BCUT2D eigenvalue weighted by Gasteiger charge is -2.14. The molecule has 4 rings (SSSR count). The van der Waals surface area contributed by atoms with Crippen molar-refractivity contribution in [1.29, 1.82) is 0 Å². The number of nitrogens with two attached hydrogens (primary N) is 1. The molecule has 226 valence electrons. The number of carbonyl (C=O) groups excluding carboxylic acids is 3. The Morgan fingerprint density at radius 3 is 2.20 bits per heavy atom. The maximum absolute atomic E-state index is 13.5. The van der Waals surface area contributed by atoms with Gasteiger partial charge in [-0.1, -0.05) is 42.5 Å². The molecule has 12 heteroatoms. The van der Waals surface area contributed by atoms with Gasteiger partial charge in [-0.2, -0.15) is 0 Å². The average Bonchev–Trinajstić information content (AvgIpc) is 3.01. The standard InChI is InChI=1S/C32H30N4O6S2/c1-21(30(37)34-24-15-17-27(18-16-24)44(33,40)41)43-26-13-8-12-25(20-26)35-32(39)28(19-23-11-6-7-14-29(23)42-2)36-31(38)22-9-4-3-5-10-22/h3-21H,1-2H3,(H,34,37)(H,35,39)(H,36,38)(H2,33,40,41)/b28-19+. The second kappa shape index (κ2) is 14.5. The summed E-state index contributed by atoms with van der Waals surface area (Å²) in [4.78, 5) is 39.9. The SMILES string of the molecule is COc1ccccc1/C=C(/NC(=O)c1ccccc1)C(=O)Nc1cccc(SC(C)C(=O)Nc2ccc(S(N)(=O)=O)cc2)c1. The highest BCUT2D eigenvalue weighted by Crippen LogP contribution is 2.27. The van der Waals surface area contributed by atoms with Crippen molar-refractivity contribution < 1.29 is 27.5 Å². The lowest BCUT2D eigenvalue weighted by molar-refractivity contribution is -0.115. The van der Waals surface area contributed by atoms with Gasteiger partial charge in [0.25, 0.3) is 11.8 Å².